The Labute approximate surface area is 126 Å². The monoisotopic (exact) mass is 287 g/mol. The fourth-order valence-corrected chi connectivity index (χ4v) is 2.17. The van der Waals surface area contributed by atoms with Crippen molar-refractivity contribution in [2.75, 3.05) is 13.7 Å². The van der Waals surface area contributed by atoms with Crippen LogP contribution in [0.15, 0.2) is 36.4 Å². The summed E-state index contributed by atoms with van der Waals surface area (Å²) < 4.78 is 19.2. The fourth-order valence-electron chi connectivity index (χ4n) is 2.17. The van der Waals surface area contributed by atoms with Crippen molar-refractivity contribution in [2.45, 2.75) is 26.8 Å². The lowest BCUT2D eigenvalue weighted by molar-refractivity contribution is 0.272. The maximum absolute atomic E-state index is 13.5. The quantitative estimate of drug-likeness (QED) is 0.894. The second kappa shape index (κ2) is 6.72. The predicted molar refractivity (Wildman–Crippen MR) is 84.3 cm³/mol. The molecule has 2 aromatic carbocycles. The van der Waals surface area contributed by atoms with E-state index in [9.17, 15) is 4.39 Å². The Morgan fingerprint density at radius 3 is 2.33 bits per heavy atom. The lowest BCUT2D eigenvalue weighted by Gasteiger charge is -2.18. The molecule has 1 N–H and O–H groups in total. The van der Waals surface area contributed by atoms with Crippen molar-refractivity contribution in [3.63, 3.8) is 0 Å². The van der Waals surface area contributed by atoms with Gasteiger partial charge in [-0.3, -0.25) is 0 Å². The highest BCUT2D eigenvalue weighted by Crippen LogP contribution is 2.20. The summed E-state index contributed by atoms with van der Waals surface area (Å²) in [5, 5.41) is 3.24. The van der Waals surface area contributed by atoms with Gasteiger partial charge in [0.1, 0.15) is 18.2 Å². The molecule has 1 unspecified atom stereocenters. The molecule has 3 heteroatoms. The summed E-state index contributed by atoms with van der Waals surface area (Å²) >= 11 is 0. The normalized spacial score (nSPS) is 12.2. The van der Waals surface area contributed by atoms with Crippen LogP contribution in [0.25, 0.3) is 0 Å². The second-order valence-electron chi connectivity index (χ2n) is 5.41. The van der Waals surface area contributed by atoms with Crippen LogP contribution < -0.4 is 10.1 Å². The van der Waals surface area contributed by atoms with Gasteiger partial charge in [-0.1, -0.05) is 24.3 Å². The van der Waals surface area contributed by atoms with Gasteiger partial charge in [-0.15, -0.1) is 0 Å². The summed E-state index contributed by atoms with van der Waals surface area (Å²) in [6.45, 7) is 6.40. The number of benzene rings is 2. The van der Waals surface area contributed by atoms with E-state index >= 15 is 0 Å². The minimum Gasteiger partial charge on any atom is -0.492 e. The van der Waals surface area contributed by atoms with Gasteiger partial charge < -0.3 is 10.1 Å². The third-order valence-corrected chi connectivity index (χ3v) is 3.84. The largest absolute Gasteiger partial charge is 0.492 e. The highest BCUT2D eigenvalue weighted by atomic mass is 19.1. The minimum atomic E-state index is -0.236. The molecule has 0 radical (unpaired) electrons. The second-order valence-corrected chi connectivity index (χ2v) is 5.41. The van der Waals surface area contributed by atoms with Crippen LogP contribution in [-0.2, 0) is 0 Å². The number of aryl methyl sites for hydroxylation is 3. The molecule has 0 spiro atoms. The Hall–Kier alpha value is -1.87. The van der Waals surface area contributed by atoms with E-state index in [1.165, 1.54) is 22.8 Å². The molecule has 0 bridgehead atoms. The number of halogens is 1. The van der Waals surface area contributed by atoms with Crippen molar-refractivity contribution in [3.8, 4) is 5.75 Å². The fraction of sp³-hybridized carbons (Fsp3) is 0.333. The van der Waals surface area contributed by atoms with Crippen LogP contribution in [0.1, 0.15) is 28.3 Å². The maximum Gasteiger partial charge on any atom is 0.129 e. The zero-order valence-corrected chi connectivity index (χ0v) is 13.0. The lowest BCUT2D eigenvalue weighted by Crippen LogP contribution is -2.23. The summed E-state index contributed by atoms with van der Waals surface area (Å²) in [7, 11) is 1.90. The Morgan fingerprint density at radius 2 is 1.71 bits per heavy atom. The lowest BCUT2D eigenvalue weighted by atomic mass is 10.0. The number of hydrogen-bond acceptors (Lipinski definition) is 2. The molecule has 0 saturated heterocycles. The van der Waals surface area contributed by atoms with E-state index in [-0.39, 0.29) is 11.9 Å². The van der Waals surface area contributed by atoms with Gasteiger partial charge in [-0.05, 0) is 56.1 Å². The molecule has 2 rings (SSSR count). The molecule has 0 saturated carbocycles. The molecule has 2 nitrogen and oxygen atoms in total. The van der Waals surface area contributed by atoms with Crippen molar-refractivity contribution < 1.29 is 9.13 Å². The van der Waals surface area contributed by atoms with Gasteiger partial charge in [0, 0.05) is 6.07 Å². The van der Waals surface area contributed by atoms with Crippen LogP contribution in [0.4, 0.5) is 4.39 Å². The van der Waals surface area contributed by atoms with Gasteiger partial charge in [-0.2, -0.15) is 0 Å². The average molecular weight is 287 g/mol. The highest BCUT2D eigenvalue weighted by molar-refractivity contribution is 5.32. The molecular weight excluding hydrogens is 265 g/mol. The average Bonchev–Trinajstić information content (AvgIpc) is 2.47. The summed E-state index contributed by atoms with van der Waals surface area (Å²) in [5.41, 5.74) is 4.33. The number of likely N-dealkylation sites (N-methyl/N-ethyl adjacent to an activating group) is 1. The van der Waals surface area contributed by atoms with E-state index < -0.39 is 0 Å². The SMILES string of the molecule is CNC(COc1ccc(C)c(F)c1)c1ccc(C)c(C)c1. The third-order valence-electron chi connectivity index (χ3n) is 3.84. The van der Waals surface area contributed by atoms with Gasteiger partial charge in [0.05, 0.1) is 6.04 Å². The molecule has 0 aliphatic rings. The van der Waals surface area contributed by atoms with Crippen LogP contribution in [0.3, 0.4) is 0 Å². The molecule has 0 heterocycles. The Bertz CT molecular complexity index is 625. The number of nitrogens with one attached hydrogen (secondary N) is 1. The molecule has 1 atom stereocenters. The molecule has 0 amide bonds. The van der Waals surface area contributed by atoms with Gasteiger partial charge in [0.15, 0.2) is 0 Å². The van der Waals surface area contributed by atoms with E-state index in [1.54, 1.807) is 19.1 Å². The molecule has 112 valence electrons. The van der Waals surface area contributed by atoms with Crippen molar-refractivity contribution in [1.29, 1.82) is 0 Å². The Balaban J connectivity index is 2.08. The topological polar surface area (TPSA) is 21.3 Å². The highest BCUT2D eigenvalue weighted by Gasteiger charge is 2.11. The van der Waals surface area contributed by atoms with E-state index in [0.717, 1.165) is 0 Å². The maximum atomic E-state index is 13.5. The number of ether oxygens (including phenoxy) is 1. The number of rotatable bonds is 5. The summed E-state index contributed by atoms with van der Waals surface area (Å²) in [6, 6.07) is 11.4. The summed E-state index contributed by atoms with van der Waals surface area (Å²) in [6.07, 6.45) is 0. The van der Waals surface area contributed by atoms with Crippen LogP contribution in [-0.4, -0.2) is 13.7 Å². The predicted octanol–water partition coefficient (Wildman–Crippen LogP) is 4.09. The van der Waals surface area contributed by atoms with Crippen molar-refractivity contribution >= 4 is 0 Å². The molecular formula is C18H22FNO. The van der Waals surface area contributed by atoms with Crippen LogP contribution in [0, 0.1) is 26.6 Å². The molecule has 0 aliphatic carbocycles. The molecule has 21 heavy (non-hydrogen) atoms. The van der Waals surface area contributed by atoms with Crippen LogP contribution in [0.2, 0.25) is 0 Å². The van der Waals surface area contributed by atoms with Crippen LogP contribution >= 0.6 is 0 Å². The van der Waals surface area contributed by atoms with Gasteiger partial charge in [0.25, 0.3) is 0 Å². The minimum absolute atomic E-state index is 0.0775. The summed E-state index contributed by atoms with van der Waals surface area (Å²) in [5.74, 6) is 0.321. The van der Waals surface area contributed by atoms with Gasteiger partial charge in [0.2, 0.25) is 0 Å². The zero-order valence-electron chi connectivity index (χ0n) is 13.0. The number of hydrogen-bond donors (Lipinski definition) is 1. The molecule has 2 aromatic rings. The molecule has 0 aromatic heterocycles. The first-order valence-electron chi connectivity index (χ1n) is 7.14. The molecule has 0 fully saturated rings. The Morgan fingerprint density at radius 1 is 1.00 bits per heavy atom. The van der Waals surface area contributed by atoms with Crippen LogP contribution in [0.5, 0.6) is 5.75 Å². The van der Waals surface area contributed by atoms with Crippen molar-refractivity contribution in [2.24, 2.45) is 0 Å². The molecule has 0 aliphatic heterocycles. The van der Waals surface area contributed by atoms with E-state index in [1.807, 2.05) is 7.05 Å². The summed E-state index contributed by atoms with van der Waals surface area (Å²) in [4.78, 5) is 0. The smallest absolute Gasteiger partial charge is 0.129 e. The van der Waals surface area contributed by atoms with E-state index in [0.29, 0.717) is 17.9 Å². The standard InChI is InChI=1S/C18H22FNO/c1-12-5-7-15(9-14(12)3)18(20-4)11-21-16-8-6-13(2)17(19)10-16/h5-10,18,20H,11H2,1-4H3. The first-order valence-corrected chi connectivity index (χ1v) is 7.14. The third kappa shape index (κ3) is 3.82. The van der Waals surface area contributed by atoms with Crippen molar-refractivity contribution in [1.82, 2.24) is 5.32 Å². The first kappa shape index (κ1) is 15.5. The van der Waals surface area contributed by atoms with E-state index in [4.69, 9.17) is 4.74 Å². The van der Waals surface area contributed by atoms with Gasteiger partial charge >= 0.3 is 0 Å². The Kier molecular flexibility index (Phi) is 4.97. The zero-order chi connectivity index (χ0) is 15.4. The van der Waals surface area contributed by atoms with Gasteiger partial charge in [-0.25, -0.2) is 4.39 Å². The van der Waals surface area contributed by atoms with E-state index in [2.05, 4.69) is 37.4 Å². The first-order chi connectivity index (χ1) is 10.0. The van der Waals surface area contributed by atoms with Crippen molar-refractivity contribution in [3.05, 3.63) is 64.5 Å².